The van der Waals surface area contributed by atoms with Gasteiger partial charge in [0.1, 0.15) is 11.3 Å². The number of nitrogens with zero attached hydrogens (tertiary/aromatic N) is 3. The number of thioether (sulfide) groups is 1. The van der Waals surface area contributed by atoms with Crippen LogP contribution >= 0.6 is 23.1 Å². The summed E-state index contributed by atoms with van der Waals surface area (Å²) in [5, 5.41) is 1.08. The van der Waals surface area contributed by atoms with Crippen LogP contribution in [0.15, 0.2) is 47.4 Å². The minimum Gasteiger partial charge on any atom is -0.309 e. The Balaban J connectivity index is 1.79. The first kappa shape index (κ1) is 22.7. The lowest BCUT2D eigenvalue weighted by Gasteiger charge is -2.21. The number of fused-ring (bicyclic) bond motifs is 1. The van der Waals surface area contributed by atoms with E-state index in [9.17, 15) is 9.18 Å². The molecule has 1 aromatic heterocycles. The molecule has 30 heavy (non-hydrogen) atoms. The predicted octanol–water partition coefficient (Wildman–Crippen LogP) is 5.46. The summed E-state index contributed by atoms with van der Waals surface area (Å²) in [6.45, 7) is 5.74. The Kier molecular flexibility index (Phi) is 7.86. The van der Waals surface area contributed by atoms with E-state index in [2.05, 4.69) is 35.9 Å². The molecule has 1 heterocycles. The second kappa shape index (κ2) is 10.4. The van der Waals surface area contributed by atoms with Gasteiger partial charge in [-0.15, -0.1) is 11.8 Å². The average molecular weight is 446 g/mol. The van der Waals surface area contributed by atoms with Crippen molar-refractivity contribution in [3.63, 3.8) is 0 Å². The van der Waals surface area contributed by atoms with E-state index in [1.807, 2.05) is 32.3 Å². The first-order valence-electron chi connectivity index (χ1n) is 10.1. The normalized spacial score (nSPS) is 11.6. The molecule has 0 N–H and O–H groups in total. The molecule has 0 bridgehead atoms. The first-order chi connectivity index (χ1) is 14.3. The molecule has 0 radical (unpaired) electrons. The van der Waals surface area contributed by atoms with E-state index in [0.29, 0.717) is 28.9 Å². The van der Waals surface area contributed by atoms with Crippen molar-refractivity contribution in [1.29, 1.82) is 0 Å². The van der Waals surface area contributed by atoms with Crippen LogP contribution in [0.2, 0.25) is 0 Å². The van der Waals surface area contributed by atoms with Crippen molar-refractivity contribution in [1.82, 2.24) is 9.88 Å². The molecule has 7 heteroatoms. The molecule has 4 nitrogen and oxygen atoms in total. The fourth-order valence-electron chi connectivity index (χ4n) is 3.12. The van der Waals surface area contributed by atoms with Crippen LogP contribution in [0.4, 0.5) is 9.52 Å². The summed E-state index contributed by atoms with van der Waals surface area (Å²) in [6, 6.07) is 13.1. The molecule has 0 saturated carbocycles. The molecule has 0 atom stereocenters. The van der Waals surface area contributed by atoms with Crippen molar-refractivity contribution in [2.75, 3.05) is 32.1 Å². The number of anilines is 1. The van der Waals surface area contributed by atoms with E-state index < -0.39 is 0 Å². The largest absolute Gasteiger partial charge is 0.309 e. The highest BCUT2D eigenvalue weighted by atomic mass is 32.2. The fourth-order valence-corrected chi connectivity index (χ4v) is 4.98. The maximum Gasteiger partial charge on any atom is 0.233 e. The monoisotopic (exact) mass is 445 g/mol. The zero-order valence-corrected chi connectivity index (χ0v) is 19.5. The number of benzene rings is 2. The third kappa shape index (κ3) is 6.03. The van der Waals surface area contributed by atoms with Gasteiger partial charge in [0.05, 0.1) is 11.1 Å². The Morgan fingerprint density at radius 1 is 1.13 bits per heavy atom. The van der Waals surface area contributed by atoms with Gasteiger partial charge in [0.15, 0.2) is 5.13 Å². The van der Waals surface area contributed by atoms with Gasteiger partial charge in [-0.05, 0) is 56.9 Å². The van der Waals surface area contributed by atoms with Gasteiger partial charge in [0.25, 0.3) is 0 Å². The number of hydrogen-bond donors (Lipinski definition) is 0. The lowest BCUT2D eigenvalue weighted by atomic mass is 10.1. The van der Waals surface area contributed by atoms with Crippen molar-refractivity contribution in [2.45, 2.75) is 36.8 Å². The van der Waals surface area contributed by atoms with Crippen molar-refractivity contribution >= 4 is 44.4 Å². The van der Waals surface area contributed by atoms with Crippen LogP contribution in [0, 0.1) is 5.82 Å². The van der Waals surface area contributed by atoms with Crippen molar-refractivity contribution in [3.05, 3.63) is 53.8 Å². The van der Waals surface area contributed by atoms with E-state index in [0.717, 1.165) is 23.2 Å². The van der Waals surface area contributed by atoms with Crippen LogP contribution in [-0.4, -0.2) is 48.2 Å². The summed E-state index contributed by atoms with van der Waals surface area (Å²) in [4.78, 5) is 22.6. The van der Waals surface area contributed by atoms with Crippen LogP contribution in [0.1, 0.15) is 25.8 Å². The van der Waals surface area contributed by atoms with Gasteiger partial charge in [-0.25, -0.2) is 9.37 Å². The molecule has 0 unspecified atom stereocenters. The molecule has 2 aromatic carbocycles. The first-order valence-corrected chi connectivity index (χ1v) is 11.8. The molecule has 0 aliphatic heterocycles. The number of aromatic nitrogens is 1. The summed E-state index contributed by atoms with van der Waals surface area (Å²) in [5.41, 5.74) is 1.30. The Bertz CT molecular complexity index is 986. The molecule has 0 fully saturated rings. The van der Waals surface area contributed by atoms with Gasteiger partial charge >= 0.3 is 0 Å². The molecular formula is C23H28FN3OS2. The van der Waals surface area contributed by atoms with Gasteiger partial charge in [-0.2, -0.15) is 0 Å². The van der Waals surface area contributed by atoms with Gasteiger partial charge in [-0.3, -0.25) is 9.69 Å². The third-order valence-electron chi connectivity index (χ3n) is 4.53. The van der Waals surface area contributed by atoms with Crippen molar-refractivity contribution < 1.29 is 9.18 Å². The number of para-hydroxylation sites is 1. The molecule has 1 amide bonds. The maximum absolute atomic E-state index is 14.1. The van der Waals surface area contributed by atoms with Crippen molar-refractivity contribution in [3.8, 4) is 0 Å². The predicted molar refractivity (Wildman–Crippen MR) is 126 cm³/mol. The summed E-state index contributed by atoms with van der Waals surface area (Å²) >= 11 is 3.17. The highest BCUT2D eigenvalue weighted by Gasteiger charge is 2.21. The van der Waals surface area contributed by atoms with E-state index in [1.54, 1.807) is 22.7 Å². The zero-order valence-electron chi connectivity index (χ0n) is 17.9. The minimum absolute atomic E-state index is 0.0162. The highest BCUT2D eigenvalue weighted by Crippen LogP contribution is 2.31. The molecule has 3 aromatic rings. The Morgan fingerprint density at radius 3 is 2.50 bits per heavy atom. The molecule has 0 spiro atoms. The number of halogens is 1. The Labute approximate surface area is 186 Å². The number of hydrogen-bond acceptors (Lipinski definition) is 5. The lowest BCUT2D eigenvalue weighted by molar-refractivity contribution is -0.118. The average Bonchev–Trinajstić information content (AvgIpc) is 3.11. The third-order valence-corrected chi connectivity index (χ3v) is 6.59. The maximum atomic E-state index is 14.1. The van der Waals surface area contributed by atoms with Crippen molar-refractivity contribution in [2.24, 2.45) is 0 Å². The molecule has 0 aliphatic carbocycles. The van der Waals surface area contributed by atoms with Crippen LogP contribution in [0.3, 0.4) is 0 Å². The summed E-state index contributed by atoms with van der Waals surface area (Å²) in [5.74, 6) is -0.369. The van der Waals surface area contributed by atoms with Crippen LogP contribution in [0.25, 0.3) is 10.2 Å². The number of thiazole rings is 1. The van der Waals surface area contributed by atoms with E-state index in [1.165, 1.54) is 22.3 Å². The van der Waals surface area contributed by atoms with E-state index in [-0.39, 0.29) is 11.7 Å². The highest BCUT2D eigenvalue weighted by molar-refractivity contribution is 7.99. The number of carbonyl (C=O) groups excluding carboxylic acids is 1. The number of rotatable bonds is 9. The minimum atomic E-state index is -0.353. The molecular weight excluding hydrogens is 417 g/mol. The number of amides is 1. The summed E-state index contributed by atoms with van der Waals surface area (Å²) in [6.07, 6.45) is 1.12. The fraction of sp³-hybridized carbons (Fsp3) is 0.391. The van der Waals surface area contributed by atoms with Gasteiger partial charge in [0.2, 0.25) is 5.91 Å². The summed E-state index contributed by atoms with van der Waals surface area (Å²) in [7, 11) is 4.02. The standard InChI is InChI=1S/C23H28FN3OS2/c1-16(2)29-18-11-9-17(10-12-18)15-21(28)27(14-6-13-26(3)4)23-25-22-19(24)7-5-8-20(22)30-23/h5,7-12,16H,6,13-15H2,1-4H3. The Hall–Kier alpha value is -1.96. The van der Waals surface area contributed by atoms with E-state index >= 15 is 0 Å². The molecule has 0 saturated heterocycles. The number of carbonyl (C=O) groups is 1. The molecule has 0 aliphatic rings. The smallest absolute Gasteiger partial charge is 0.233 e. The molecule has 160 valence electrons. The van der Waals surface area contributed by atoms with Crippen LogP contribution < -0.4 is 4.90 Å². The quantitative estimate of drug-likeness (QED) is 0.410. The van der Waals surface area contributed by atoms with Gasteiger partial charge in [0, 0.05) is 16.7 Å². The lowest BCUT2D eigenvalue weighted by Crippen LogP contribution is -2.34. The van der Waals surface area contributed by atoms with Gasteiger partial charge in [-0.1, -0.05) is 43.4 Å². The second-order valence-electron chi connectivity index (χ2n) is 7.77. The van der Waals surface area contributed by atoms with Crippen LogP contribution in [-0.2, 0) is 11.2 Å². The second-order valence-corrected chi connectivity index (χ2v) is 10.4. The summed E-state index contributed by atoms with van der Waals surface area (Å²) < 4.78 is 14.9. The van der Waals surface area contributed by atoms with E-state index in [4.69, 9.17) is 0 Å². The Morgan fingerprint density at radius 2 is 1.87 bits per heavy atom. The molecule has 3 rings (SSSR count). The topological polar surface area (TPSA) is 36.4 Å². The SMILES string of the molecule is CC(C)Sc1ccc(CC(=O)N(CCCN(C)C)c2nc3c(F)cccc3s2)cc1. The zero-order chi connectivity index (χ0) is 21.7. The van der Waals surface area contributed by atoms with Crippen LogP contribution in [0.5, 0.6) is 0 Å². The van der Waals surface area contributed by atoms with Gasteiger partial charge < -0.3 is 4.90 Å².